The van der Waals surface area contributed by atoms with E-state index < -0.39 is 69.2 Å². The van der Waals surface area contributed by atoms with Crippen LogP contribution in [0.5, 0.6) is 0 Å². The molecule has 12 nitrogen and oxygen atoms in total. The number of carbonyl (C=O) groups is 3. The van der Waals surface area contributed by atoms with Crippen molar-refractivity contribution < 1.29 is 58.1 Å². The van der Waals surface area contributed by atoms with Crippen molar-refractivity contribution in [3.8, 4) is 0 Å². The maximum Gasteiger partial charge on any atom is 0.469 e. The minimum Gasteiger partial charge on any atom is -0.462 e. The van der Waals surface area contributed by atoms with E-state index in [0.29, 0.717) is 25.7 Å². The molecule has 50 heavy (non-hydrogen) atoms. The van der Waals surface area contributed by atoms with E-state index in [2.05, 4.69) is 25.3 Å². The molecule has 0 aliphatic heterocycles. The molecule has 1 saturated carbocycles. The van der Waals surface area contributed by atoms with Crippen LogP contribution in [0, 0.1) is 17.8 Å². The summed E-state index contributed by atoms with van der Waals surface area (Å²) in [5.74, 6) is -1.42. The van der Waals surface area contributed by atoms with Crippen molar-refractivity contribution in [1.29, 1.82) is 0 Å². The van der Waals surface area contributed by atoms with E-state index in [1.54, 1.807) is 12.2 Å². The average Bonchev–Trinajstić information content (AvgIpc) is 3.30. The number of aliphatic hydroxyl groups is 3. The van der Waals surface area contributed by atoms with Crippen LogP contribution in [0.25, 0.3) is 0 Å². The second kappa shape index (κ2) is 27.0. The molecule has 0 radical (unpaired) electrons. The molecular weight excluding hydrogens is 667 g/mol. The third kappa shape index (κ3) is 23.7. The van der Waals surface area contributed by atoms with Gasteiger partial charge in [0.05, 0.1) is 24.9 Å². The molecule has 0 amide bonds. The van der Waals surface area contributed by atoms with Gasteiger partial charge in [0.1, 0.15) is 12.4 Å². The van der Waals surface area contributed by atoms with Crippen molar-refractivity contribution in [2.75, 3.05) is 13.2 Å². The molecule has 0 unspecified atom stereocenters. The molecule has 0 aromatic heterocycles. The number of phosphoric ester groups is 1. The summed E-state index contributed by atoms with van der Waals surface area (Å²) in [5.41, 5.74) is 0. The van der Waals surface area contributed by atoms with Crippen LogP contribution in [0.4, 0.5) is 0 Å². The molecule has 1 aliphatic carbocycles. The summed E-state index contributed by atoms with van der Waals surface area (Å²) in [6.45, 7) is 5.49. The van der Waals surface area contributed by atoms with Gasteiger partial charge in [0, 0.05) is 43.9 Å². The van der Waals surface area contributed by atoms with E-state index in [0.717, 1.165) is 44.4 Å². The van der Waals surface area contributed by atoms with Gasteiger partial charge in [0.2, 0.25) is 0 Å². The van der Waals surface area contributed by atoms with Gasteiger partial charge in [0.25, 0.3) is 0 Å². The average molecular weight is 735 g/mol. The van der Waals surface area contributed by atoms with Crippen LogP contribution in [0.2, 0.25) is 0 Å². The Bertz CT molecular complexity index is 1010. The second-order valence-electron chi connectivity index (χ2n) is 14.4. The Kier molecular flexibility index (Phi) is 25.1. The molecule has 0 bridgehead atoms. The number of aliphatic hydroxyl groups excluding tert-OH is 3. The van der Waals surface area contributed by atoms with Gasteiger partial charge in [-0.3, -0.25) is 18.9 Å². The molecule has 0 aromatic carbocycles. The molecule has 1 fully saturated rings. The van der Waals surface area contributed by atoms with E-state index >= 15 is 0 Å². The molecule has 0 aromatic rings. The third-order valence-corrected chi connectivity index (χ3v) is 9.68. The number of hydrogen-bond acceptors (Lipinski definition) is 10. The van der Waals surface area contributed by atoms with Gasteiger partial charge in [-0.1, -0.05) is 104 Å². The first-order valence-corrected chi connectivity index (χ1v) is 20.5. The SMILES string of the molecule is CCCCC[C@H](O)/C=C/[C@@H]1[C@@H](CC(=O)CCCCC(=O)OC[C@H](COP(=O)(O)O)OC(=O)CCCCCCCCCCC(C)C)[C@@H](O)C[C@H]1O. The minimum atomic E-state index is -4.84. The van der Waals surface area contributed by atoms with Crippen LogP contribution in [-0.4, -0.2) is 80.5 Å². The normalized spacial score (nSPS) is 20.7. The highest BCUT2D eigenvalue weighted by Gasteiger charge is 2.41. The Morgan fingerprint density at radius 3 is 2.00 bits per heavy atom. The fourth-order valence-electron chi connectivity index (χ4n) is 6.26. The molecule has 6 atom stereocenters. The van der Waals surface area contributed by atoms with Crippen molar-refractivity contribution in [3.05, 3.63) is 12.2 Å². The summed E-state index contributed by atoms with van der Waals surface area (Å²) in [6.07, 6.45) is 14.6. The van der Waals surface area contributed by atoms with E-state index in [4.69, 9.17) is 19.3 Å². The highest BCUT2D eigenvalue weighted by molar-refractivity contribution is 7.46. The van der Waals surface area contributed by atoms with Crippen molar-refractivity contribution in [2.24, 2.45) is 17.8 Å². The number of ketones is 1. The molecule has 1 rings (SSSR count). The number of hydrogen-bond donors (Lipinski definition) is 5. The summed E-state index contributed by atoms with van der Waals surface area (Å²) in [7, 11) is -4.84. The van der Waals surface area contributed by atoms with Crippen LogP contribution in [0.1, 0.15) is 149 Å². The number of phosphoric acid groups is 1. The smallest absolute Gasteiger partial charge is 0.462 e. The van der Waals surface area contributed by atoms with Gasteiger partial charge in [-0.15, -0.1) is 0 Å². The lowest BCUT2D eigenvalue weighted by Crippen LogP contribution is -2.29. The number of rotatable bonds is 30. The van der Waals surface area contributed by atoms with Crippen molar-refractivity contribution in [3.63, 3.8) is 0 Å². The zero-order valence-corrected chi connectivity index (χ0v) is 31.7. The molecule has 13 heteroatoms. The number of esters is 2. The van der Waals surface area contributed by atoms with Crippen molar-refractivity contribution >= 4 is 25.5 Å². The topological polar surface area (TPSA) is 197 Å². The number of Topliss-reactive ketones (excluding diaryl/α,β-unsaturated/α-hetero) is 1. The Hall–Kier alpha value is -1.66. The fraction of sp³-hybridized carbons (Fsp3) is 0.865. The van der Waals surface area contributed by atoms with E-state index in [9.17, 15) is 34.3 Å². The fourth-order valence-corrected chi connectivity index (χ4v) is 6.62. The van der Waals surface area contributed by atoms with Crippen molar-refractivity contribution in [2.45, 2.75) is 174 Å². The molecule has 5 N–H and O–H groups in total. The van der Waals surface area contributed by atoms with Crippen LogP contribution >= 0.6 is 7.82 Å². The van der Waals surface area contributed by atoms with Gasteiger partial charge in [0.15, 0.2) is 6.10 Å². The summed E-state index contributed by atoms with van der Waals surface area (Å²) < 4.78 is 26.2. The summed E-state index contributed by atoms with van der Waals surface area (Å²) in [6, 6.07) is 0. The van der Waals surface area contributed by atoms with Gasteiger partial charge in [-0.25, -0.2) is 4.57 Å². The molecular formula is C37H67O12P. The van der Waals surface area contributed by atoms with Gasteiger partial charge >= 0.3 is 19.8 Å². The monoisotopic (exact) mass is 734 g/mol. The van der Waals surface area contributed by atoms with E-state index in [1.807, 2.05) is 0 Å². The zero-order chi connectivity index (χ0) is 37.4. The van der Waals surface area contributed by atoms with E-state index in [-0.39, 0.29) is 37.9 Å². The Balaban J connectivity index is 2.38. The highest BCUT2D eigenvalue weighted by Crippen LogP contribution is 2.37. The maximum atomic E-state index is 12.7. The Morgan fingerprint density at radius 1 is 0.780 bits per heavy atom. The first kappa shape index (κ1) is 46.4. The predicted octanol–water partition coefficient (Wildman–Crippen LogP) is 6.48. The van der Waals surface area contributed by atoms with Gasteiger partial charge in [-0.05, 0) is 31.6 Å². The largest absolute Gasteiger partial charge is 0.469 e. The predicted molar refractivity (Wildman–Crippen MR) is 191 cm³/mol. The molecule has 292 valence electrons. The molecule has 1 aliphatic rings. The number of ether oxygens (including phenoxy) is 2. The second-order valence-corrected chi connectivity index (χ2v) is 15.6. The Labute approximate surface area is 300 Å². The first-order chi connectivity index (χ1) is 23.7. The van der Waals surface area contributed by atoms with Crippen LogP contribution < -0.4 is 0 Å². The summed E-state index contributed by atoms with van der Waals surface area (Å²) >= 11 is 0. The van der Waals surface area contributed by atoms with Crippen LogP contribution in [0.3, 0.4) is 0 Å². The lowest BCUT2D eigenvalue weighted by molar-refractivity contribution is -0.161. The standard InChI is InChI=1S/C37H67O12P/c1-4-5-12-18-29(38)22-23-32-33(35(41)25-34(32)40)24-30(39)19-15-16-20-36(42)47-26-31(27-48-50(44,45)46)49-37(43)21-14-11-9-7-6-8-10-13-17-28(2)3/h22-23,28-29,31-35,38,40-41H,4-21,24-27H2,1-3H3,(H2,44,45,46)/b23-22+/t29-,31+,32+,33+,34+,35-/m0/s1. The third-order valence-electron chi connectivity index (χ3n) is 9.19. The molecule has 0 saturated heterocycles. The van der Waals surface area contributed by atoms with Crippen LogP contribution in [0.15, 0.2) is 12.2 Å². The van der Waals surface area contributed by atoms with E-state index in [1.165, 1.54) is 32.1 Å². The lowest BCUT2D eigenvalue weighted by atomic mass is 9.87. The summed E-state index contributed by atoms with van der Waals surface area (Å²) in [4.78, 5) is 55.6. The first-order valence-electron chi connectivity index (χ1n) is 19.0. The lowest BCUT2D eigenvalue weighted by Gasteiger charge is -2.20. The van der Waals surface area contributed by atoms with Crippen molar-refractivity contribution in [1.82, 2.24) is 0 Å². The number of unbranched alkanes of at least 4 members (excludes halogenated alkanes) is 10. The maximum absolute atomic E-state index is 12.7. The number of carbonyl (C=O) groups excluding carboxylic acids is 3. The highest BCUT2D eigenvalue weighted by atomic mass is 31.2. The van der Waals surface area contributed by atoms with Crippen LogP contribution in [-0.2, 0) is 32.9 Å². The van der Waals surface area contributed by atoms with Gasteiger partial charge < -0.3 is 34.6 Å². The minimum absolute atomic E-state index is 0.0168. The Morgan fingerprint density at radius 2 is 1.36 bits per heavy atom. The molecule has 0 heterocycles. The quantitative estimate of drug-likeness (QED) is 0.0233. The van der Waals surface area contributed by atoms with Gasteiger partial charge in [-0.2, -0.15) is 0 Å². The summed E-state index contributed by atoms with van der Waals surface area (Å²) in [5, 5.41) is 31.1. The zero-order valence-electron chi connectivity index (χ0n) is 30.8. The molecule has 0 spiro atoms.